The first kappa shape index (κ1) is 17.5. The van der Waals surface area contributed by atoms with E-state index in [1.54, 1.807) is 36.4 Å². The highest BCUT2D eigenvalue weighted by Crippen LogP contribution is 2.26. The van der Waals surface area contributed by atoms with Gasteiger partial charge >= 0.3 is 5.97 Å². The number of allylic oxidation sites excluding steroid dienone is 2. The van der Waals surface area contributed by atoms with Gasteiger partial charge in [-0.3, -0.25) is 14.4 Å². The maximum Gasteiger partial charge on any atom is 0.303 e. The number of primary amides is 1. The van der Waals surface area contributed by atoms with Crippen LogP contribution in [0.2, 0.25) is 0 Å². The van der Waals surface area contributed by atoms with Crippen LogP contribution in [0.3, 0.4) is 0 Å². The highest BCUT2D eigenvalue weighted by atomic mass is 16.6. The van der Waals surface area contributed by atoms with Crippen LogP contribution in [0.1, 0.15) is 18.9 Å². The minimum atomic E-state index is -1.27. The molecule has 0 bridgehead atoms. The minimum absolute atomic E-state index is 0.202. The molecule has 0 saturated carbocycles. The predicted octanol–water partition coefficient (Wildman–Crippen LogP) is 1.48. The molecular weight excluding hydrogens is 310 g/mol. The topological polar surface area (TPSA) is 95.7 Å². The van der Waals surface area contributed by atoms with Crippen LogP contribution in [0.4, 0.5) is 0 Å². The molecule has 1 aliphatic carbocycles. The molecule has 2 N–H and O–H groups in total. The van der Waals surface area contributed by atoms with E-state index in [1.165, 1.54) is 13.0 Å². The van der Waals surface area contributed by atoms with Crippen molar-refractivity contribution in [1.82, 2.24) is 0 Å². The lowest BCUT2D eigenvalue weighted by Gasteiger charge is -2.29. The van der Waals surface area contributed by atoms with E-state index in [4.69, 9.17) is 15.2 Å². The lowest BCUT2D eigenvalue weighted by atomic mass is 9.87. The zero-order chi connectivity index (χ0) is 17.6. The molecule has 0 aliphatic heterocycles. The van der Waals surface area contributed by atoms with Crippen molar-refractivity contribution in [2.24, 2.45) is 5.73 Å². The molecule has 126 valence electrons. The molecule has 0 heterocycles. The molecule has 0 spiro atoms. The summed E-state index contributed by atoms with van der Waals surface area (Å²) in [6, 6.07) is 7.12. The second kappa shape index (κ2) is 7.59. The zero-order valence-electron chi connectivity index (χ0n) is 13.4. The van der Waals surface area contributed by atoms with Gasteiger partial charge in [0, 0.05) is 13.3 Å². The van der Waals surface area contributed by atoms with E-state index in [-0.39, 0.29) is 12.4 Å². The molecule has 6 nitrogen and oxygen atoms in total. The molecule has 1 aromatic rings. The van der Waals surface area contributed by atoms with Crippen LogP contribution in [0, 0.1) is 0 Å². The summed E-state index contributed by atoms with van der Waals surface area (Å²) in [5.74, 6) is -0.819. The van der Waals surface area contributed by atoms with Crippen LogP contribution in [0.5, 0.6) is 5.75 Å². The molecule has 1 aromatic carbocycles. The van der Waals surface area contributed by atoms with E-state index in [1.807, 2.05) is 6.07 Å². The number of ether oxygens (including phenoxy) is 2. The lowest BCUT2D eigenvalue weighted by molar-refractivity contribution is -0.159. The Labute approximate surface area is 139 Å². The number of aryl methyl sites for hydroxylation is 1. The van der Waals surface area contributed by atoms with Crippen LogP contribution >= 0.6 is 0 Å². The number of ketones is 1. The maximum absolute atomic E-state index is 12.2. The predicted molar refractivity (Wildman–Crippen MR) is 87.2 cm³/mol. The molecule has 1 aliphatic rings. The average molecular weight is 329 g/mol. The minimum Gasteiger partial charge on any atom is -0.484 e. The van der Waals surface area contributed by atoms with Crippen molar-refractivity contribution in [1.29, 1.82) is 0 Å². The number of carbonyl (C=O) groups excluding carboxylic acids is 3. The van der Waals surface area contributed by atoms with Crippen molar-refractivity contribution in [2.45, 2.75) is 25.4 Å². The number of benzene rings is 1. The molecule has 2 rings (SSSR count). The largest absolute Gasteiger partial charge is 0.484 e. The number of hydrogen-bond donors (Lipinski definition) is 1. The van der Waals surface area contributed by atoms with Gasteiger partial charge in [0.05, 0.1) is 0 Å². The summed E-state index contributed by atoms with van der Waals surface area (Å²) in [5.41, 5.74) is 4.66. The van der Waals surface area contributed by atoms with Crippen LogP contribution in [0.25, 0.3) is 0 Å². The van der Waals surface area contributed by atoms with Crippen molar-refractivity contribution >= 4 is 17.7 Å². The van der Waals surface area contributed by atoms with Crippen LogP contribution in [0.15, 0.2) is 48.6 Å². The highest BCUT2D eigenvalue weighted by Gasteiger charge is 2.38. The van der Waals surface area contributed by atoms with Crippen molar-refractivity contribution in [3.63, 3.8) is 0 Å². The number of amides is 1. The Balaban J connectivity index is 2.09. The van der Waals surface area contributed by atoms with Gasteiger partial charge in [0.1, 0.15) is 5.75 Å². The number of rotatable bonds is 7. The smallest absolute Gasteiger partial charge is 0.303 e. The fourth-order valence-electron chi connectivity index (χ4n) is 2.45. The van der Waals surface area contributed by atoms with Crippen molar-refractivity contribution in [3.8, 4) is 5.75 Å². The second-order valence-electron chi connectivity index (χ2n) is 5.47. The van der Waals surface area contributed by atoms with Crippen LogP contribution in [-0.4, -0.2) is 29.9 Å². The number of esters is 1. The van der Waals surface area contributed by atoms with Gasteiger partial charge < -0.3 is 15.2 Å². The molecule has 1 unspecified atom stereocenters. The van der Waals surface area contributed by atoms with Gasteiger partial charge in [-0.05, 0) is 36.3 Å². The molecular formula is C18H19NO5. The Bertz CT molecular complexity index is 707. The normalized spacial score (nSPS) is 19.1. The van der Waals surface area contributed by atoms with Gasteiger partial charge in [-0.25, -0.2) is 0 Å². The quantitative estimate of drug-likeness (QED) is 0.765. The number of nitrogens with two attached hydrogens (primary N) is 1. The Hall–Kier alpha value is -2.89. The second-order valence-corrected chi connectivity index (χ2v) is 5.47. The summed E-state index contributed by atoms with van der Waals surface area (Å²) >= 11 is 0. The molecule has 0 saturated heterocycles. The van der Waals surface area contributed by atoms with Crippen molar-refractivity contribution < 1.29 is 23.9 Å². The summed E-state index contributed by atoms with van der Waals surface area (Å²) in [6.07, 6.45) is 7.11. The standard InChI is InChI=1S/C18H19NO5/c1-13(20)24-18(9-3-2-7-16(18)21)10-8-14-5-4-6-15(11-14)23-12-17(19)22/h2-7,9,11H,8,10,12H2,1H3,(H2,19,22). The fourth-order valence-corrected chi connectivity index (χ4v) is 2.45. The molecule has 6 heteroatoms. The summed E-state index contributed by atoms with van der Waals surface area (Å²) < 4.78 is 10.6. The third-order valence-electron chi connectivity index (χ3n) is 3.53. The van der Waals surface area contributed by atoms with E-state index >= 15 is 0 Å². The van der Waals surface area contributed by atoms with Crippen molar-refractivity contribution in [3.05, 3.63) is 54.1 Å². The van der Waals surface area contributed by atoms with Crippen molar-refractivity contribution in [2.75, 3.05) is 6.61 Å². The third-order valence-corrected chi connectivity index (χ3v) is 3.53. The number of carbonyl (C=O) groups is 3. The SMILES string of the molecule is CC(=O)OC1(CCc2cccc(OCC(N)=O)c2)C=CC=CC1=O. The van der Waals surface area contributed by atoms with Gasteiger partial charge in [-0.1, -0.05) is 24.3 Å². The number of hydrogen-bond acceptors (Lipinski definition) is 5. The third kappa shape index (κ3) is 4.55. The van der Waals surface area contributed by atoms with Gasteiger partial charge in [-0.15, -0.1) is 0 Å². The summed E-state index contributed by atoms with van der Waals surface area (Å²) in [4.78, 5) is 34.4. The fraction of sp³-hybridized carbons (Fsp3) is 0.278. The van der Waals surface area contributed by atoms with E-state index in [0.717, 1.165) is 5.56 Å². The van der Waals surface area contributed by atoms with E-state index in [9.17, 15) is 14.4 Å². The molecule has 1 atom stereocenters. The zero-order valence-corrected chi connectivity index (χ0v) is 13.4. The Morgan fingerprint density at radius 2 is 2.04 bits per heavy atom. The van der Waals surface area contributed by atoms with Crippen LogP contribution < -0.4 is 10.5 Å². The summed E-state index contributed by atoms with van der Waals surface area (Å²) in [6.45, 7) is 1.08. The van der Waals surface area contributed by atoms with E-state index in [2.05, 4.69) is 0 Å². The van der Waals surface area contributed by atoms with Gasteiger partial charge in [0.25, 0.3) is 5.91 Å². The summed E-state index contributed by atoms with van der Waals surface area (Å²) in [7, 11) is 0. The van der Waals surface area contributed by atoms with E-state index in [0.29, 0.717) is 18.6 Å². The van der Waals surface area contributed by atoms with Crippen LogP contribution in [-0.2, 0) is 25.5 Å². The first-order valence-corrected chi connectivity index (χ1v) is 7.51. The summed E-state index contributed by atoms with van der Waals surface area (Å²) in [5, 5.41) is 0. The molecule has 1 amide bonds. The molecule has 0 fully saturated rings. The monoisotopic (exact) mass is 329 g/mol. The Morgan fingerprint density at radius 3 is 2.71 bits per heavy atom. The molecule has 0 aromatic heterocycles. The van der Waals surface area contributed by atoms with Gasteiger partial charge in [-0.2, -0.15) is 0 Å². The first-order chi connectivity index (χ1) is 11.4. The van der Waals surface area contributed by atoms with Gasteiger partial charge in [0.15, 0.2) is 12.2 Å². The highest BCUT2D eigenvalue weighted by molar-refractivity contribution is 6.01. The molecule has 0 radical (unpaired) electrons. The Morgan fingerprint density at radius 1 is 1.25 bits per heavy atom. The average Bonchev–Trinajstić information content (AvgIpc) is 2.54. The molecule has 24 heavy (non-hydrogen) atoms. The maximum atomic E-state index is 12.2. The Kier molecular flexibility index (Phi) is 5.52. The van der Waals surface area contributed by atoms with Gasteiger partial charge in [0.2, 0.25) is 5.78 Å². The lowest BCUT2D eigenvalue weighted by Crippen LogP contribution is -2.41. The first-order valence-electron chi connectivity index (χ1n) is 7.51. The van der Waals surface area contributed by atoms with E-state index < -0.39 is 17.5 Å².